The quantitative estimate of drug-likeness (QED) is 0.380. The summed E-state index contributed by atoms with van der Waals surface area (Å²) in [6.45, 7) is 2.64. The first-order valence-corrected chi connectivity index (χ1v) is 10.4. The van der Waals surface area contributed by atoms with Crippen molar-refractivity contribution < 1.29 is 28.5 Å². The molecule has 0 amide bonds. The van der Waals surface area contributed by atoms with Crippen LogP contribution in [0, 0.1) is 0 Å². The van der Waals surface area contributed by atoms with Crippen LogP contribution in [0.3, 0.4) is 0 Å². The largest absolute Gasteiger partial charge is 0.497 e. The number of methoxy groups -OCH3 is 2. The van der Waals surface area contributed by atoms with Crippen LogP contribution in [-0.2, 0) is 29.2 Å². The molecule has 32 heavy (non-hydrogen) atoms. The molecule has 0 radical (unpaired) electrons. The predicted molar refractivity (Wildman–Crippen MR) is 120 cm³/mol. The topological polar surface area (TPSA) is 86.4 Å². The first-order valence-electron chi connectivity index (χ1n) is 10.4. The minimum absolute atomic E-state index is 0.00303. The Labute approximate surface area is 188 Å². The zero-order chi connectivity index (χ0) is 22.6. The van der Waals surface area contributed by atoms with Crippen LogP contribution in [0.1, 0.15) is 16.8 Å². The molecule has 0 saturated heterocycles. The lowest BCUT2D eigenvalue weighted by Crippen LogP contribution is -2.22. The van der Waals surface area contributed by atoms with Crippen molar-refractivity contribution in [3.05, 3.63) is 71.6 Å². The number of ether oxygens (including phenoxy) is 4. The highest BCUT2D eigenvalue weighted by Gasteiger charge is 2.16. The zero-order valence-electron chi connectivity index (χ0n) is 18.5. The van der Waals surface area contributed by atoms with Crippen molar-refractivity contribution in [2.24, 2.45) is 0 Å². The van der Waals surface area contributed by atoms with Gasteiger partial charge in [-0.05, 0) is 35.4 Å². The molecule has 0 saturated carbocycles. The Balaban J connectivity index is 1.71. The van der Waals surface area contributed by atoms with Gasteiger partial charge in [-0.1, -0.05) is 24.3 Å². The summed E-state index contributed by atoms with van der Waals surface area (Å²) in [5.74, 6) is 1.60. The van der Waals surface area contributed by atoms with Crippen LogP contribution >= 0.6 is 0 Å². The van der Waals surface area contributed by atoms with Crippen molar-refractivity contribution in [3.63, 3.8) is 0 Å². The van der Waals surface area contributed by atoms with Crippen LogP contribution in [0.4, 0.5) is 6.01 Å². The molecule has 3 aromatic rings. The number of hydrogen-bond acceptors (Lipinski definition) is 8. The zero-order valence-corrected chi connectivity index (χ0v) is 18.5. The molecule has 8 nitrogen and oxygen atoms in total. The maximum Gasteiger partial charge on any atom is 0.298 e. The average molecular weight is 443 g/mol. The van der Waals surface area contributed by atoms with E-state index in [0.29, 0.717) is 51.2 Å². The van der Waals surface area contributed by atoms with Gasteiger partial charge in [-0.3, -0.25) is 0 Å². The number of aromatic nitrogens is 1. The SMILES string of the molecule is COc1cccc(CN(Cc2cccc(OC)c2)c2nc(COCCOCCO)co2)c1. The summed E-state index contributed by atoms with van der Waals surface area (Å²) in [6.07, 6.45) is 1.61. The van der Waals surface area contributed by atoms with Crippen molar-refractivity contribution in [3.8, 4) is 11.5 Å². The van der Waals surface area contributed by atoms with Gasteiger partial charge in [-0.25, -0.2) is 0 Å². The van der Waals surface area contributed by atoms with E-state index < -0.39 is 0 Å². The van der Waals surface area contributed by atoms with Gasteiger partial charge in [-0.2, -0.15) is 4.98 Å². The van der Waals surface area contributed by atoms with E-state index in [1.807, 2.05) is 48.5 Å². The summed E-state index contributed by atoms with van der Waals surface area (Å²) in [6, 6.07) is 16.3. The molecule has 0 fully saturated rings. The van der Waals surface area contributed by atoms with Crippen molar-refractivity contribution in [2.75, 3.05) is 45.5 Å². The van der Waals surface area contributed by atoms with Crippen molar-refractivity contribution in [1.29, 1.82) is 0 Å². The van der Waals surface area contributed by atoms with Crippen LogP contribution in [0.25, 0.3) is 0 Å². The molecule has 172 valence electrons. The molecule has 2 aromatic carbocycles. The fourth-order valence-electron chi connectivity index (χ4n) is 3.14. The smallest absolute Gasteiger partial charge is 0.298 e. The highest BCUT2D eigenvalue weighted by molar-refractivity contribution is 5.37. The predicted octanol–water partition coefficient (Wildman–Crippen LogP) is 3.42. The van der Waals surface area contributed by atoms with Crippen molar-refractivity contribution in [1.82, 2.24) is 4.98 Å². The minimum atomic E-state index is 0.00303. The summed E-state index contributed by atoms with van der Waals surface area (Å²) in [4.78, 5) is 6.67. The molecule has 0 spiro atoms. The Bertz CT molecular complexity index is 896. The average Bonchev–Trinajstić information content (AvgIpc) is 3.30. The molecular weight excluding hydrogens is 412 g/mol. The van der Waals surface area contributed by atoms with Gasteiger partial charge in [0.05, 0.1) is 47.3 Å². The molecule has 1 aromatic heterocycles. The molecule has 1 N–H and O–H groups in total. The molecule has 3 rings (SSSR count). The van der Waals surface area contributed by atoms with Crippen LogP contribution in [-0.4, -0.2) is 50.7 Å². The number of rotatable bonds is 14. The van der Waals surface area contributed by atoms with Crippen LogP contribution in [0.5, 0.6) is 11.5 Å². The second kappa shape index (κ2) is 12.7. The Kier molecular flexibility index (Phi) is 9.37. The van der Waals surface area contributed by atoms with E-state index in [4.69, 9.17) is 28.5 Å². The van der Waals surface area contributed by atoms with Gasteiger partial charge in [-0.15, -0.1) is 0 Å². The molecule has 0 unspecified atom stereocenters. The Morgan fingerprint density at radius 1 is 0.875 bits per heavy atom. The standard InChI is InChI=1S/C24H30N2O6/c1-28-22-7-3-5-19(13-22)15-26(16-20-6-4-8-23(14-20)29-2)24-25-21(18-32-24)17-31-12-11-30-10-9-27/h3-8,13-14,18,27H,9-12,15-17H2,1-2H3. The molecule has 1 heterocycles. The lowest BCUT2D eigenvalue weighted by Gasteiger charge is -2.21. The lowest BCUT2D eigenvalue weighted by atomic mass is 10.1. The number of benzene rings is 2. The fraction of sp³-hybridized carbons (Fsp3) is 0.375. The van der Waals surface area contributed by atoms with Crippen molar-refractivity contribution >= 4 is 6.01 Å². The van der Waals surface area contributed by atoms with Gasteiger partial charge in [0, 0.05) is 13.1 Å². The Hall–Kier alpha value is -3.07. The monoisotopic (exact) mass is 442 g/mol. The molecular formula is C24H30N2O6. The number of aliphatic hydroxyl groups excluding tert-OH is 1. The van der Waals surface area contributed by atoms with Gasteiger partial charge < -0.3 is 33.4 Å². The van der Waals surface area contributed by atoms with E-state index in [1.165, 1.54) is 0 Å². The molecule has 8 heteroatoms. The summed E-state index contributed by atoms with van der Waals surface area (Å²) in [5.41, 5.74) is 2.84. The first-order chi connectivity index (χ1) is 15.7. The second-order valence-corrected chi connectivity index (χ2v) is 7.07. The summed E-state index contributed by atoms with van der Waals surface area (Å²) < 4.78 is 27.3. The molecule has 0 atom stereocenters. The van der Waals surface area contributed by atoms with Gasteiger partial charge >= 0.3 is 0 Å². The number of aliphatic hydroxyl groups is 1. The molecule has 0 aliphatic rings. The van der Waals surface area contributed by atoms with Crippen molar-refractivity contribution in [2.45, 2.75) is 19.7 Å². The molecule has 0 aliphatic heterocycles. The van der Waals surface area contributed by atoms with E-state index in [9.17, 15) is 0 Å². The Morgan fingerprint density at radius 3 is 2.09 bits per heavy atom. The number of hydrogen-bond donors (Lipinski definition) is 1. The Morgan fingerprint density at radius 2 is 1.50 bits per heavy atom. The molecule has 0 bridgehead atoms. The van der Waals surface area contributed by atoms with Crippen LogP contribution in [0.2, 0.25) is 0 Å². The third-order valence-electron chi connectivity index (χ3n) is 4.68. The highest BCUT2D eigenvalue weighted by atomic mass is 16.5. The molecule has 0 aliphatic carbocycles. The summed E-state index contributed by atoms with van der Waals surface area (Å²) >= 11 is 0. The second-order valence-electron chi connectivity index (χ2n) is 7.07. The first kappa shape index (κ1) is 23.6. The van der Waals surface area contributed by atoms with E-state index >= 15 is 0 Å². The van der Waals surface area contributed by atoms with E-state index in [2.05, 4.69) is 9.88 Å². The van der Waals surface area contributed by atoms with Gasteiger partial charge in [0.2, 0.25) is 0 Å². The van der Waals surface area contributed by atoms with E-state index in [-0.39, 0.29) is 6.61 Å². The van der Waals surface area contributed by atoms with E-state index in [0.717, 1.165) is 22.6 Å². The third kappa shape index (κ3) is 7.26. The van der Waals surface area contributed by atoms with E-state index in [1.54, 1.807) is 20.5 Å². The van der Waals surface area contributed by atoms with Crippen LogP contribution < -0.4 is 14.4 Å². The summed E-state index contributed by atoms with van der Waals surface area (Å²) in [7, 11) is 3.31. The van der Waals surface area contributed by atoms with Crippen LogP contribution in [0.15, 0.2) is 59.2 Å². The highest BCUT2D eigenvalue weighted by Crippen LogP contribution is 2.23. The van der Waals surface area contributed by atoms with Gasteiger partial charge in [0.25, 0.3) is 6.01 Å². The minimum Gasteiger partial charge on any atom is -0.497 e. The van der Waals surface area contributed by atoms with Gasteiger partial charge in [0.15, 0.2) is 0 Å². The normalized spacial score (nSPS) is 10.8. The third-order valence-corrected chi connectivity index (χ3v) is 4.68. The number of oxazole rings is 1. The number of nitrogens with zero attached hydrogens (tertiary/aromatic N) is 2. The number of anilines is 1. The summed E-state index contributed by atoms with van der Waals surface area (Å²) in [5, 5.41) is 8.72. The lowest BCUT2D eigenvalue weighted by molar-refractivity contribution is 0.0265. The fourth-order valence-corrected chi connectivity index (χ4v) is 3.14. The maximum absolute atomic E-state index is 8.72. The van der Waals surface area contributed by atoms with Gasteiger partial charge in [0.1, 0.15) is 23.5 Å². The maximum atomic E-state index is 8.72.